The molecule has 0 aliphatic carbocycles. The van der Waals surface area contributed by atoms with Gasteiger partial charge >= 0.3 is 0 Å². The number of primary amides is 1. The first-order valence-corrected chi connectivity index (χ1v) is 9.33. The third kappa shape index (κ3) is 4.22. The summed E-state index contributed by atoms with van der Waals surface area (Å²) in [4.78, 5) is 24.2. The van der Waals surface area contributed by atoms with Crippen LogP contribution in [-0.2, 0) is 9.67 Å². The topological polar surface area (TPSA) is 86.2 Å². The molecular formula is C21H17ClN2O2S. The van der Waals surface area contributed by atoms with Gasteiger partial charge in [0.15, 0.2) is 10.7 Å². The average molecular weight is 397 g/mol. The van der Waals surface area contributed by atoms with Crippen LogP contribution in [0.25, 0.3) is 0 Å². The third-order valence-corrected chi connectivity index (χ3v) is 5.57. The molecule has 3 aromatic carbocycles. The van der Waals surface area contributed by atoms with Crippen molar-refractivity contribution >= 4 is 35.1 Å². The van der Waals surface area contributed by atoms with Crippen LogP contribution in [0.1, 0.15) is 21.5 Å². The van der Waals surface area contributed by atoms with Gasteiger partial charge in [-0.15, -0.1) is 0 Å². The molecule has 0 aromatic heterocycles. The molecule has 6 heteroatoms. The van der Waals surface area contributed by atoms with Gasteiger partial charge in [0.2, 0.25) is 0 Å². The van der Waals surface area contributed by atoms with Crippen molar-refractivity contribution in [2.75, 3.05) is 0 Å². The predicted molar refractivity (Wildman–Crippen MR) is 109 cm³/mol. The number of hydrogen-bond acceptors (Lipinski definition) is 4. The van der Waals surface area contributed by atoms with Crippen LogP contribution < -0.4 is 11.5 Å². The van der Waals surface area contributed by atoms with Crippen LogP contribution in [0.2, 0.25) is 5.02 Å². The van der Waals surface area contributed by atoms with Crippen molar-refractivity contribution in [3.63, 3.8) is 0 Å². The lowest BCUT2D eigenvalue weighted by atomic mass is 9.98. The van der Waals surface area contributed by atoms with Crippen molar-refractivity contribution in [2.45, 2.75) is 9.77 Å². The minimum Gasteiger partial charge on any atom is -0.367 e. The molecule has 4 N–H and O–H groups in total. The molecular weight excluding hydrogens is 380 g/mol. The Morgan fingerprint density at radius 1 is 0.852 bits per heavy atom. The van der Waals surface area contributed by atoms with Gasteiger partial charge < -0.3 is 11.5 Å². The van der Waals surface area contributed by atoms with E-state index in [0.29, 0.717) is 21.7 Å². The van der Waals surface area contributed by atoms with E-state index in [1.165, 1.54) is 0 Å². The van der Waals surface area contributed by atoms with Crippen LogP contribution >= 0.6 is 23.4 Å². The number of hydrogen-bond donors (Lipinski definition) is 2. The summed E-state index contributed by atoms with van der Waals surface area (Å²) in [6.07, 6.45) is 0. The van der Waals surface area contributed by atoms with Crippen LogP contribution in [0.3, 0.4) is 0 Å². The summed E-state index contributed by atoms with van der Waals surface area (Å²) in [6, 6.07) is 22.5. The van der Waals surface area contributed by atoms with E-state index >= 15 is 0 Å². The molecule has 0 radical (unpaired) electrons. The molecule has 1 atom stereocenters. The minimum atomic E-state index is -1.50. The van der Waals surface area contributed by atoms with E-state index < -0.39 is 10.8 Å². The number of carbonyl (C=O) groups excluding carboxylic acids is 2. The summed E-state index contributed by atoms with van der Waals surface area (Å²) in [5.74, 6) is -0.877. The van der Waals surface area contributed by atoms with Crippen LogP contribution in [0, 0.1) is 0 Å². The zero-order chi connectivity index (χ0) is 19.4. The molecule has 27 heavy (non-hydrogen) atoms. The largest absolute Gasteiger partial charge is 0.367 e. The summed E-state index contributed by atoms with van der Waals surface area (Å²) < 4.78 is 0. The monoisotopic (exact) mass is 396 g/mol. The first kappa shape index (κ1) is 19.2. The van der Waals surface area contributed by atoms with Gasteiger partial charge in [-0.05, 0) is 48.0 Å². The Morgan fingerprint density at radius 2 is 1.52 bits per heavy atom. The zero-order valence-electron chi connectivity index (χ0n) is 14.3. The van der Waals surface area contributed by atoms with Gasteiger partial charge in [0, 0.05) is 21.0 Å². The lowest BCUT2D eigenvalue weighted by Crippen LogP contribution is -2.46. The van der Waals surface area contributed by atoms with Gasteiger partial charge in [0.25, 0.3) is 5.91 Å². The number of amides is 1. The zero-order valence-corrected chi connectivity index (χ0v) is 15.8. The molecule has 1 amide bonds. The SMILES string of the molecule is NC(=O)C(N)(Sc1ccccc1)c1cccc(C(=O)c2ccc(Cl)cc2)c1. The number of halogens is 1. The highest BCUT2D eigenvalue weighted by Gasteiger charge is 2.36. The Balaban J connectivity index is 1.97. The normalized spacial score (nSPS) is 13.0. The minimum absolute atomic E-state index is 0.190. The molecule has 0 heterocycles. The number of ketones is 1. The van der Waals surface area contributed by atoms with Crippen molar-refractivity contribution in [1.82, 2.24) is 0 Å². The van der Waals surface area contributed by atoms with E-state index in [9.17, 15) is 9.59 Å². The van der Waals surface area contributed by atoms with Crippen molar-refractivity contribution in [3.8, 4) is 0 Å². The standard InChI is InChI=1S/C21H17ClN2O2S/c22-17-11-9-14(10-12-17)19(25)15-5-4-6-16(13-15)21(24,20(23)26)27-18-7-2-1-3-8-18/h1-13H,24H2,(H2,23,26). The van der Waals surface area contributed by atoms with Gasteiger partial charge in [0.1, 0.15) is 0 Å². The van der Waals surface area contributed by atoms with Crippen LogP contribution in [0.4, 0.5) is 0 Å². The van der Waals surface area contributed by atoms with Crippen LogP contribution in [-0.4, -0.2) is 11.7 Å². The molecule has 0 saturated carbocycles. The van der Waals surface area contributed by atoms with Gasteiger partial charge in [-0.3, -0.25) is 9.59 Å². The first-order chi connectivity index (χ1) is 12.9. The van der Waals surface area contributed by atoms with Gasteiger partial charge in [0.05, 0.1) is 0 Å². The molecule has 0 spiro atoms. The van der Waals surface area contributed by atoms with E-state index in [0.717, 1.165) is 16.7 Å². The number of rotatable bonds is 6. The van der Waals surface area contributed by atoms with E-state index in [4.69, 9.17) is 23.1 Å². The quantitative estimate of drug-likeness (QED) is 0.375. The van der Waals surface area contributed by atoms with E-state index in [1.807, 2.05) is 30.3 Å². The molecule has 0 fully saturated rings. The second-order valence-electron chi connectivity index (χ2n) is 5.93. The Bertz CT molecular complexity index is 977. The maximum Gasteiger partial charge on any atom is 0.253 e. The molecule has 3 aromatic rings. The smallest absolute Gasteiger partial charge is 0.253 e. The Labute approximate surface area is 166 Å². The third-order valence-electron chi connectivity index (χ3n) is 4.05. The fourth-order valence-electron chi connectivity index (χ4n) is 2.59. The Morgan fingerprint density at radius 3 is 2.15 bits per heavy atom. The molecule has 0 aliphatic heterocycles. The van der Waals surface area contributed by atoms with Gasteiger partial charge in [-0.2, -0.15) is 0 Å². The molecule has 136 valence electrons. The Kier molecular flexibility index (Phi) is 5.65. The first-order valence-electron chi connectivity index (χ1n) is 8.14. The van der Waals surface area contributed by atoms with Gasteiger partial charge in [-0.1, -0.05) is 59.8 Å². The highest BCUT2D eigenvalue weighted by Crippen LogP contribution is 2.37. The van der Waals surface area contributed by atoms with Crippen LogP contribution in [0.5, 0.6) is 0 Å². The summed E-state index contributed by atoms with van der Waals surface area (Å²) in [7, 11) is 0. The fraction of sp³-hybridized carbons (Fsp3) is 0.0476. The summed E-state index contributed by atoms with van der Waals surface area (Å²) >= 11 is 7.02. The maximum atomic E-state index is 12.8. The lowest BCUT2D eigenvalue weighted by molar-refractivity contribution is -0.120. The number of thioether (sulfide) groups is 1. The van der Waals surface area contributed by atoms with Crippen molar-refractivity contribution in [2.24, 2.45) is 11.5 Å². The van der Waals surface area contributed by atoms with E-state index in [-0.39, 0.29) is 5.78 Å². The highest BCUT2D eigenvalue weighted by molar-refractivity contribution is 8.01. The van der Waals surface area contributed by atoms with E-state index in [2.05, 4.69) is 0 Å². The number of nitrogens with two attached hydrogens (primary N) is 2. The van der Waals surface area contributed by atoms with Crippen molar-refractivity contribution in [1.29, 1.82) is 0 Å². The van der Waals surface area contributed by atoms with Crippen LogP contribution in [0.15, 0.2) is 83.8 Å². The molecule has 0 bridgehead atoms. The molecule has 1 unspecified atom stereocenters. The van der Waals surface area contributed by atoms with Gasteiger partial charge in [-0.25, -0.2) is 0 Å². The highest BCUT2D eigenvalue weighted by atomic mass is 35.5. The maximum absolute atomic E-state index is 12.8. The lowest BCUT2D eigenvalue weighted by Gasteiger charge is -2.26. The average Bonchev–Trinajstić information content (AvgIpc) is 2.68. The second kappa shape index (κ2) is 7.96. The van der Waals surface area contributed by atoms with E-state index in [1.54, 1.807) is 48.5 Å². The Hall–Kier alpha value is -2.60. The molecule has 0 saturated heterocycles. The number of carbonyl (C=O) groups is 2. The van der Waals surface area contributed by atoms with Crippen molar-refractivity contribution in [3.05, 3.63) is 101 Å². The van der Waals surface area contributed by atoms with Crippen molar-refractivity contribution < 1.29 is 9.59 Å². The molecule has 3 rings (SSSR count). The predicted octanol–water partition coefficient (Wildman–Crippen LogP) is 3.96. The molecule has 0 aliphatic rings. The number of benzene rings is 3. The second-order valence-corrected chi connectivity index (χ2v) is 7.69. The fourth-order valence-corrected chi connectivity index (χ4v) is 3.72. The summed E-state index contributed by atoms with van der Waals surface area (Å²) in [5, 5.41) is 0.550. The molecule has 4 nitrogen and oxygen atoms in total. The summed E-state index contributed by atoms with van der Waals surface area (Å²) in [5.41, 5.74) is 13.4. The summed E-state index contributed by atoms with van der Waals surface area (Å²) in [6.45, 7) is 0.